The van der Waals surface area contributed by atoms with E-state index in [0.717, 1.165) is 0 Å². The van der Waals surface area contributed by atoms with E-state index in [1.54, 1.807) is 6.92 Å². The number of ether oxygens (including phenoxy) is 1. The van der Waals surface area contributed by atoms with E-state index in [4.69, 9.17) is 23.2 Å². The van der Waals surface area contributed by atoms with Crippen molar-refractivity contribution in [3.05, 3.63) is 0 Å². The molecule has 0 aliphatic heterocycles. The molecule has 0 atom stereocenters. The van der Waals surface area contributed by atoms with Crippen LogP contribution in [0, 0.1) is 0 Å². The SMILES string of the molecule is CCOC(=O)CCSC(Cl)Cl. The first-order valence-electron chi connectivity index (χ1n) is 3.22. The zero-order valence-electron chi connectivity index (χ0n) is 6.18. The second kappa shape index (κ2) is 7.07. The minimum Gasteiger partial charge on any atom is -0.466 e. The van der Waals surface area contributed by atoms with Crippen LogP contribution in [0.15, 0.2) is 0 Å². The number of rotatable bonds is 5. The molecular formula is C6H10Cl2O2S. The number of carbonyl (C=O) groups excluding carboxylic acids is 1. The maximum atomic E-state index is 10.7. The van der Waals surface area contributed by atoms with Gasteiger partial charge in [-0.05, 0) is 6.92 Å². The van der Waals surface area contributed by atoms with Crippen molar-refractivity contribution in [2.75, 3.05) is 12.4 Å². The quantitative estimate of drug-likeness (QED) is 0.522. The summed E-state index contributed by atoms with van der Waals surface area (Å²) in [7, 11) is 0. The lowest BCUT2D eigenvalue weighted by molar-refractivity contribution is -0.142. The molecule has 0 N–H and O–H groups in total. The van der Waals surface area contributed by atoms with Crippen molar-refractivity contribution in [3.63, 3.8) is 0 Å². The van der Waals surface area contributed by atoms with Crippen LogP contribution in [0.25, 0.3) is 0 Å². The molecule has 0 aromatic heterocycles. The molecule has 0 amide bonds. The first kappa shape index (κ1) is 11.4. The molecule has 0 aliphatic carbocycles. The van der Waals surface area contributed by atoms with Crippen molar-refractivity contribution < 1.29 is 9.53 Å². The summed E-state index contributed by atoms with van der Waals surface area (Å²) in [5.41, 5.74) is 0. The number of thioether (sulfide) groups is 1. The lowest BCUT2D eigenvalue weighted by Crippen LogP contribution is -2.05. The van der Waals surface area contributed by atoms with Gasteiger partial charge in [0.2, 0.25) is 0 Å². The standard InChI is InChI=1S/C6H10Cl2O2S/c1-2-10-5(9)3-4-11-6(7)8/h6H,2-4H2,1H3. The number of halogens is 2. The molecule has 0 bridgehead atoms. The Morgan fingerprint density at radius 3 is 2.73 bits per heavy atom. The third kappa shape index (κ3) is 8.30. The average molecular weight is 217 g/mol. The van der Waals surface area contributed by atoms with Crippen molar-refractivity contribution in [1.29, 1.82) is 0 Å². The molecule has 66 valence electrons. The number of hydrogen-bond acceptors (Lipinski definition) is 3. The molecule has 0 rings (SSSR count). The van der Waals surface area contributed by atoms with Crippen molar-refractivity contribution in [2.24, 2.45) is 0 Å². The Morgan fingerprint density at radius 2 is 2.27 bits per heavy atom. The summed E-state index contributed by atoms with van der Waals surface area (Å²) in [6, 6.07) is 0. The summed E-state index contributed by atoms with van der Waals surface area (Å²) in [4.78, 5) is 10.7. The fraction of sp³-hybridized carbons (Fsp3) is 0.833. The maximum Gasteiger partial charge on any atom is 0.306 e. The van der Waals surface area contributed by atoms with E-state index in [9.17, 15) is 4.79 Å². The Hall–Kier alpha value is 0.400. The molecular weight excluding hydrogens is 207 g/mol. The topological polar surface area (TPSA) is 26.3 Å². The van der Waals surface area contributed by atoms with Gasteiger partial charge in [0.1, 0.15) is 0 Å². The average Bonchev–Trinajstić information content (AvgIpc) is 1.87. The fourth-order valence-corrected chi connectivity index (χ4v) is 1.46. The molecule has 0 aromatic carbocycles. The van der Waals surface area contributed by atoms with E-state index in [0.29, 0.717) is 18.8 Å². The van der Waals surface area contributed by atoms with Crippen LogP contribution in [0.3, 0.4) is 0 Å². The third-order valence-corrected chi connectivity index (χ3v) is 2.30. The van der Waals surface area contributed by atoms with Gasteiger partial charge in [0.15, 0.2) is 4.17 Å². The van der Waals surface area contributed by atoms with Gasteiger partial charge in [0.05, 0.1) is 13.0 Å². The largest absolute Gasteiger partial charge is 0.466 e. The third-order valence-electron chi connectivity index (χ3n) is 0.855. The Morgan fingerprint density at radius 1 is 1.64 bits per heavy atom. The van der Waals surface area contributed by atoms with Crippen LogP contribution in [-0.2, 0) is 9.53 Å². The van der Waals surface area contributed by atoms with Crippen LogP contribution in [0.1, 0.15) is 13.3 Å². The zero-order valence-corrected chi connectivity index (χ0v) is 8.51. The van der Waals surface area contributed by atoms with Gasteiger partial charge in [-0.1, -0.05) is 23.2 Å². The van der Waals surface area contributed by atoms with Crippen molar-refractivity contribution in [1.82, 2.24) is 0 Å². The van der Waals surface area contributed by atoms with Gasteiger partial charge in [-0.25, -0.2) is 0 Å². The Balaban J connectivity index is 3.17. The minimum atomic E-state index is -0.454. The first-order chi connectivity index (χ1) is 5.16. The van der Waals surface area contributed by atoms with Gasteiger partial charge in [-0.2, -0.15) is 0 Å². The molecule has 0 saturated carbocycles. The summed E-state index contributed by atoms with van der Waals surface area (Å²) in [6.07, 6.45) is 0.369. The van der Waals surface area contributed by atoms with Crippen LogP contribution in [0.5, 0.6) is 0 Å². The maximum absolute atomic E-state index is 10.7. The van der Waals surface area contributed by atoms with Gasteiger partial charge in [-0.3, -0.25) is 4.79 Å². The van der Waals surface area contributed by atoms with E-state index in [1.807, 2.05) is 0 Å². The molecule has 0 spiro atoms. The Kier molecular flexibility index (Phi) is 7.33. The molecule has 0 heterocycles. The molecule has 0 aliphatic rings. The molecule has 0 aromatic rings. The van der Waals surface area contributed by atoms with Crippen molar-refractivity contribution >= 4 is 40.9 Å². The van der Waals surface area contributed by atoms with E-state index >= 15 is 0 Å². The highest BCUT2D eigenvalue weighted by Gasteiger charge is 2.03. The minimum absolute atomic E-state index is 0.200. The number of hydrogen-bond donors (Lipinski definition) is 0. The zero-order chi connectivity index (χ0) is 8.69. The predicted octanol–water partition coefficient (Wildman–Crippen LogP) is 2.43. The summed E-state index contributed by atoms with van der Waals surface area (Å²) in [6.45, 7) is 2.20. The number of carbonyl (C=O) groups is 1. The molecule has 0 unspecified atom stereocenters. The lowest BCUT2D eigenvalue weighted by atomic mass is 10.5. The second-order valence-corrected chi connectivity index (χ2v) is 4.51. The van der Waals surface area contributed by atoms with Gasteiger partial charge >= 0.3 is 5.97 Å². The number of esters is 1. The van der Waals surface area contributed by atoms with E-state index in [2.05, 4.69) is 4.74 Å². The fourth-order valence-electron chi connectivity index (χ4n) is 0.465. The van der Waals surface area contributed by atoms with Gasteiger partial charge in [0, 0.05) is 5.75 Å². The molecule has 2 nitrogen and oxygen atoms in total. The van der Waals surface area contributed by atoms with E-state index in [-0.39, 0.29) is 5.97 Å². The molecule has 0 radical (unpaired) electrons. The van der Waals surface area contributed by atoms with Crippen LogP contribution in [0.4, 0.5) is 0 Å². The van der Waals surface area contributed by atoms with Crippen LogP contribution >= 0.6 is 35.0 Å². The summed E-state index contributed by atoms with van der Waals surface area (Å²) in [5, 5.41) is 0. The summed E-state index contributed by atoms with van der Waals surface area (Å²) >= 11 is 12.1. The van der Waals surface area contributed by atoms with Crippen LogP contribution in [-0.4, -0.2) is 22.5 Å². The Bertz CT molecular complexity index is 119. The van der Waals surface area contributed by atoms with Crippen molar-refractivity contribution in [3.8, 4) is 0 Å². The molecule has 0 fully saturated rings. The highest BCUT2D eigenvalue weighted by molar-refractivity contribution is 8.02. The van der Waals surface area contributed by atoms with Crippen LogP contribution < -0.4 is 0 Å². The highest BCUT2D eigenvalue weighted by atomic mass is 35.5. The second-order valence-electron chi connectivity index (χ2n) is 1.69. The molecule has 11 heavy (non-hydrogen) atoms. The number of alkyl halides is 2. The van der Waals surface area contributed by atoms with Crippen molar-refractivity contribution in [2.45, 2.75) is 17.5 Å². The predicted molar refractivity (Wildman–Crippen MR) is 49.2 cm³/mol. The van der Waals surface area contributed by atoms with Gasteiger partial charge in [-0.15, -0.1) is 11.8 Å². The van der Waals surface area contributed by atoms with E-state index in [1.165, 1.54) is 11.8 Å². The van der Waals surface area contributed by atoms with Gasteiger partial charge in [0.25, 0.3) is 0 Å². The summed E-state index contributed by atoms with van der Waals surface area (Å²) < 4.78 is 4.23. The Labute approximate surface area is 80.6 Å². The van der Waals surface area contributed by atoms with Gasteiger partial charge < -0.3 is 4.74 Å². The smallest absolute Gasteiger partial charge is 0.306 e. The first-order valence-corrected chi connectivity index (χ1v) is 5.14. The summed E-state index contributed by atoms with van der Waals surface area (Å²) in [5.74, 6) is 0.408. The highest BCUT2D eigenvalue weighted by Crippen LogP contribution is 2.19. The van der Waals surface area contributed by atoms with Crippen LogP contribution in [0.2, 0.25) is 0 Å². The monoisotopic (exact) mass is 216 g/mol. The van der Waals surface area contributed by atoms with E-state index < -0.39 is 4.17 Å². The molecule has 5 heteroatoms. The lowest BCUT2D eigenvalue weighted by Gasteiger charge is -2.01. The normalized spacial score (nSPS) is 10.2. The molecule has 0 saturated heterocycles.